The lowest BCUT2D eigenvalue weighted by Crippen LogP contribution is -2.47. The fourth-order valence-corrected chi connectivity index (χ4v) is 6.10. The number of carbonyl (C=O) groups excluding carboxylic acids is 1. The van der Waals surface area contributed by atoms with Crippen LogP contribution in [0.25, 0.3) is 0 Å². The number of amides is 1. The summed E-state index contributed by atoms with van der Waals surface area (Å²) in [7, 11) is -1.86. The molecule has 0 spiro atoms. The van der Waals surface area contributed by atoms with E-state index in [4.69, 9.17) is 4.74 Å². The van der Waals surface area contributed by atoms with Crippen LogP contribution in [-0.2, 0) is 28.2 Å². The molecule has 0 N–H and O–H groups in total. The molecule has 0 unspecified atom stereocenters. The van der Waals surface area contributed by atoms with Gasteiger partial charge in [0.25, 0.3) is 10.0 Å². The molecule has 2 fully saturated rings. The normalized spacial score (nSPS) is 25.6. The highest BCUT2D eigenvalue weighted by molar-refractivity contribution is 7.89. The predicted octanol–water partition coefficient (Wildman–Crippen LogP) is 1.69. The minimum absolute atomic E-state index is 0.0242. The number of rotatable bonds is 3. The molecule has 8 nitrogen and oxygen atoms in total. The number of hydrogen-bond acceptors (Lipinski definition) is 5. The van der Waals surface area contributed by atoms with Gasteiger partial charge in [0.15, 0.2) is 5.03 Å². The summed E-state index contributed by atoms with van der Waals surface area (Å²) in [6.45, 7) is 0.735. The molecule has 0 saturated carbocycles. The monoisotopic (exact) mass is 402 g/mol. The van der Waals surface area contributed by atoms with Crippen LogP contribution in [0.1, 0.15) is 30.0 Å². The van der Waals surface area contributed by atoms with E-state index in [0.29, 0.717) is 25.9 Å². The van der Waals surface area contributed by atoms with Crippen LogP contribution in [0, 0.1) is 0 Å². The van der Waals surface area contributed by atoms with Crippen LogP contribution in [0.15, 0.2) is 41.8 Å². The Morgan fingerprint density at radius 2 is 1.93 bits per heavy atom. The largest absolute Gasteiger partial charge is 0.443 e. The number of fused-ring (bicyclic) bond motifs is 3. The molecule has 2 saturated heterocycles. The second kappa shape index (κ2) is 6.31. The van der Waals surface area contributed by atoms with Crippen LogP contribution in [0.3, 0.4) is 0 Å². The number of ether oxygens (including phenoxy) is 1. The first-order valence-electron chi connectivity index (χ1n) is 9.50. The zero-order valence-electron chi connectivity index (χ0n) is 15.6. The number of aromatic nitrogens is 2. The molecule has 1 aromatic heterocycles. The molecule has 2 aromatic rings. The van der Waals surface area contributed by atoms with Crippen molar-refractivity contribution >= 4 is 16.1 Å². The van der Waals surface area contributed by atoms with Gasteiger partial charge in [-0.2, -0.15) is 4.31 Å². The van der Waals surface area contributed by atoms with Crippen LogP contribution in [0.2, 0.25) is 0 Å². The summed E-state index contributed by atoms with van der Waals surface area (Å²) in [6.07, 6.45) is 4.50. The highest BCUT2D eigenvalue weighted by Gasteiger charge is 2.50. The molecule has 2 atom stereocenters. The Kier molecular flexibility index (Phi) is 3.99. The summed E-state index contributed by atoms with van der Waals surface area (Å²) in [5.74, 6) is 0. The Bertz CT molecular complexity index is 1030. The summed E-state index contributed by atoms with van der Waals surface area (Å²) in [5.41, 5.74) is 2.38. The van der Waals surface area contributed by atoms with Gasteiger partial charge >= 0.3 is 6.09 Å². The minimum Gasteiger partial charge on any atom is -0.443 e. The first-order valence-corrected chi connectivity index (χ1v) is 10.9. The van der Waals surface area contributed by atoms with Gasteiger partial charge in [-0.05, 0) is 24.0 Å². The summed E-state index contributed by atoms with van der Waals surface area (Å²) in [6, 6.07) is 8.06. The molecule has 3 heterocycles. The summed E-state index contributed by atoms with van der Waals surface area (Å²) in [5, 5.41) is 0.0683. The quantitative estimate of drug-likeness (QED) is 0.780. The van der Waals surface area contributed by atoms with Crippen molar-refractivity contribution in [2.75, 3.05) is 13.1 Å². The van der Waals surface area contributed by atoms with E-state index in [9.17, 15) is 13.2 Å². The van der Waals surface area contributed by atoms with Gasteiger partial charge in [-0.25, -0.2) is 18.2 Å². The van der Waals surface area contributed by atoms with Gasteiger partial charge in [-0.3, -0.25) is 4.90 Å². The Balaban J connectivity index is 1.34. The van der Waals surface area contributed by atoms with E-state index in [0.717, 1.165) is 12.0 Å². The van der Waals surface area contributed by atoms with E-state index in [1.165, 1.54) is 22.4 Å². The highest BCUT2D eigenvalue weighted by atomic mass is 32.2. The summed E-state index contributed by atoms with van der Waals surface area (Å²) < 4.78 is 34.3. The smallest absolute Gasteiger partial charge is 0.411 e. The van der Waals surface area contributed by atoms with E-state index >= 15 is 0 Å². The first-order chi connectivity index (χ1) is 13.4. The van der Waals surface area contributed by atoms with Gasteiger partial charge in [0.2, 0.25) is 0 Å². The van der Waals surface area contributed by atoms with Crippen LogP contribution in [0.5, 0.6) is 0 Å². The molecule has 2 aliphatic heterocycles. The van der Waals surface area contributed by atoms with E-state index in [-0.39, 0.29) is 29.3 Å². The minimum atomic E-state index is -3.60. The Labute approximate surface area is 163 Å². The number of carbonyl (C=O) groups is 1. The Morgan fingerprint density at radius 1 is 1.18 bits per heavy atom. The third-order valence-electron chi connectivity index (χ3n) is 6.01. The molecule has 5 rings (SSSR count). The van der Waals surface area contributed by atoms with Crippen LogP contribution in [0.4, 0.5) is 4.79 Å². The van der Waals surface area contributed by atoms with Gasteiger partial charge in [0.1, 0.15) is 6.10 Å². The second-order valence-corrected chi connectivity index (χ2v) is 9.57. The van der Waals surface area contributed by atoms with E-state index < -0.39 is 10.0 Å². The van der Waals surface area contributed by atoms with Crippen molar-refractivity contribution in [3.8, 4) is 0 Å². The number of imidazole rings is 1. The van der Waals surface area contributed by atoms with Crippen molar-refractivity contribution < 1.29 is 17.9 Å². The van der Waals surface area contributed by atoms with Crippen molar-refractivity contribution in [1.82, 2.24) is 18.8 Å². The summed E-state index contributed by atoms with van der Waals surface area (Å²) >= 11 is 0. The lowest BCUT2D eigenvalue weighted by atomic mass is 10.00. The Morgan fingerprint density at radius 3 is 2.64 bits per heavy atom. The highest BCUT2D eigenvalue weighted by Crippen LogP contribution is 2.44. The molecule has 1 aromatic carbocycles. The molecule has 1 amide bonds. The lowest BCUT2D eigenvalue weighted by molar-refractivity contribution is 0.119. The van der Waals surface area contributed by atoms with Crippen molar-refractivity contribution in [2.24, 2.45) is 7.05 Å². The maximum atomic E-state index is 12.8. The van der Waals surface area contributed by atoms with Gasteiger partial charge in [-0.1, -0.05) is 24.3 Å². The predicted molar refractivity (Wildman–Crippen MR) is 100.0 cm³/mol. The average Bonchev–Trinajstić information content (AvgIpc) is 3.35. The van der Waals surface area contributed by atoms with Crippen molar-refractivity contribution in [2.45, 2.75) is 42.5 Å². The zero-order valence-corrected chi connectivity index (χ0v) is 16.4. The number of benzene rings is 1. The maximum absolute atomic E-state index is 12.8. The van der Waals surface area contributed by atoms with Gasteiger partial charge in [0, 0.05) is 38.8 Å². The molecule has 0 radical (unpaired) electrons. The molecule has 9 heteroatoms. The van der Waals surface area contributed by atoms with Gasteiger partial charge < -0.3 is 9.30 Å². The van der Waals surface area contributed by atoms with Crippen molar-refractivity contribution in [3.05, 3.63) is 47.9 Å². The van der Waals surface area contributed by atoms with E-state index in [2.05, 4.69) is 17.1 Å². The molecule has 0 bridgehead atoms. The number of sulfonamides is 1. The topological polar surface area (TPSA) is 84.7 Å². The van der Waals surface area contributed by atoms with Crippen LogP contribution < -0.4 is 0 Å². The molecule has 148 valence electrons. The van der Waals surface area contributed by atoms with Crippen molar-refractivity contribution in [3.63, 3.8) is 0 Å². The first kappa shape index (κ1) is 17.7. The number of aryl methyl sites for hydroxylation is 1. The molecular formula is C19H22N4O4S. The molecule has 28 heavy (non-hydrogen) atoms. The van der Waals surface area contributed by atoms with Gasteiger partial charge in [-0.15, -0.1) is 0 Å². The third kappa shape index (κ3) is 2.64. The fraction of sp³-hybridized carbons (Fsp3) is 0.474. The summed E-state index contributed by atoms with van der Waals surface area (Å²) in [4.78, 5) is 18.4. The number of piperidine rings is 1. The van der Waals surface area contributed by atoms with Crippen LogP contribution in [-0.4, -0.2) is 58.5 Å². The van der Waals surface area contributed by atoms with Crippen molar-refractivity contribution in [1.29, 1.82) is 0 Å². The zero-order chi connectivity index (χ0) is 19.5. The van der Waals surface area contributed by atoms with Crippen LogP contribution >= 0.6 is 0 Å². The van der Waals surface area contributed by atoms with Gasteiger partial charge in [0.05, 0.1) is 12.4 Å². The van der Waals surface area contributed by atoms with E-state index in [1.807, 2.05) is 17.0 Å². The molecule has 3 aliphatic rings. The lowest BCUT2D eigenvalue weighted by Gasteiger charge is -2.37. The molecule has 1 aliphatic carbocycles. The second-order valence-electron chi connectivity index (χ2n) is 7.69. The van der Waals surface area contributed by atoms with E-state index in [1.54, 1.807) is 11.6 Å². The SMILES string of the molecule is Cn1cnc(S(=O)(=O)N2CCC(N3C(=O)O[C@@H]4Cc5ccccc5[C@@H]43)CC2)c1. The maximum Gasteiger partial charge on any atom is 0.411 e. The third-order valence-corrected chi connectivity index (χ3v) is 7.80. The number of nitrogens with zero attached hydrogens (tertiary/aromatic N) is 4. The number of hydrogen-bond donors (Lipinski definition) is 0. The Hall–Kier alpha value is -2.39. The molecular weight excluding hydrogens is 380 g/mol. The standard InChI is InChI=1S/C19H22N4O4S/c1-21-11-17(20-12-21)28(25,26)22-8-6-14(7-9-22)23-18-15-5-3-2-4-13(15)10-16(18)27-19(23)24/h2-5,11-12,14,16,18H,6-10H2,1H3/t16-,18+/m1/s1. The fourth-order valence-electron chi connectivity index (χ4n) is 4.67. The average molecular weight is 402 g/mol.